The summed E-state index contributed by atoms with van der Waals surface area (Å²) in [7, 11) is 1.61. The van der Waals surface area contributed by atoms with Crippen LogP contribution in [0.2, 0.25) is 0 Å². The van der Waals surface area contributed by atoms with E-state index in [1.165, 1.54) is 0 Å². The minimum Gasteiger partial charge on any atom is -0.497 e. The van der Waals surface area contributed by atoms with E-state index >= 15 is 0 Å². The Balaban J connectivity index is 1.84. The maximum absolute atomic E-state index is 13.3. The SMILES string of the molecule is COc1ccc(C(=O)c2c(Cc3ccccc3)oc3ccc(Br)cc23)cc1. The number of benzene rings is 3. The number of halogens is 1. The number of carbonyl (C=O) groups is 1. The average molecular weight is 421 g/mol. The largest absolute Gasteiger partial charge is 0.497 e. The maximum Gasteiger partial charge on any atom is 0.197 e. The van der Waals surface area contributed by atoms with Crippen molar-refractivity contribution in [3.05, 3.63) is 99.7 Å². The molecule has 134 valence electrons. The Kier molecular flexibility index (Phi) is 4.82. The molecule has 1 aromatic heterocycles. The van der Waals surface area contributed by atoms with Crippen molar-refractivity contribution in [2.75, 3.05) is 7.11 Å². The summed E-state index contributed by atoms with van der Waals surface area (Å²) in [6, 6.07) is 22.9. The molecule has 27 heavy (non-hydrogen) atoms. The number of furan rings is 1. The van der Waals surface area contributed by atoms with Crippen LogP contribution >= 0.6 is 15.9 Å². The van der Waals surface area contributed by atoms with Gasteiger partial charge >= 0.3 is 0 Å². The van der Waals surface area contributed by atoms with E-state index in [0.717, 1.165) is 21.2 Å². The molecule has 0 N–H and O–H groups in total. The van der Waals surface area contributed by atoms with Gasteiger partial charge in [-0.05, 0) is 48.0 Å². The number of ketones is 1. The number of hydrogen-bond acceptors (Lipinski definition) is 3. The molecule has 0 fully saturated rings. The first kappa shape index (κ1) is 17.6. The molecule has 1 heterocycles. The molecule has 0 aliphatic heterocycles. The summed E-state index contributed by atoms with van der Waals surface area (Å²) in [5.74, 6) is 1.34. The molecule has 0 atom stereocenters. The number of hydrogen-bond donors (Lipinski definition) is 0. The lowest BCUT2D eigenvalue weighted by Crippen LogP contribution is -2.04. The second-order valence-electron chi connectivity index (χ2n) is 6.26. The summed E-state index contributed by atoms with van der Waals surface area (Å²) in [6.45, 7) is 0. The number of carbonyl (C=O) groups excluding carboxylic acids is 1. The van der Waals surface area contributed by atoms with Crippen LogP contribution in [-0.2, 0) is 6.42 Å². The van der Waals surface area contributed by atoms with Gasteiger partial charge in [0.2, 0.25) is 0 Å². The van der Waals surface area contributed by atoms with Crippen LogP contribution in [0.4, 0.5) is 0 Å². The smallest absolute Gasteiger partial charge is 0.197 e. The van der Waals surface area contributed by atoms with Gasteiger partial charge in [-0.3, -0.25) is 4.79 Å². The van der Waals surface area contributed by atoms with Crippen LogP contribution in [-0.4, -0.2) is 12.9 Å². The van der Waals surface area contributed by atoms with Gasteiger partial charge in [-0.25, -0.2) is 0 Å². The monoisotopic (exact) mass is 420 g/mol. The summed E-state index contributed by atoms with van der Waals surface area (Å²) < 4.78 is 12.2. The third-order valence-electron chi connectivity index (χ3n) is 4.51. The summed E-state index contributed by atoms with van der Waals surface area (Å²) in [4.78, 5) is 13.3. The fourth-order valence-electron chi connectivity index (χ4n) is 3.16. The Morgan fingerprint density at radius 2 is 1.74 bits per heavy atom. The molecule has 0 unspecified atom stereocenters. The van der Waals surface area contributed by atoms with Gasteiger partial charge in [0, 0.05) is 21.8 Å². The summed E-state index contributed by atoms with van der Waals surface area (Å²) in [6.07, 6.45) is 0.560. The molecule has 3 nitrogen and oxygen atoms in total. The third kappa shape index (κ3) is 3.53. The van der Waals surface area contributed by atoms with Gasteiger partial charge in [0.25, 0.3) is 0 Å². The van der Waals surface area contributed by atoms with E-state index in [-0.39, 0.29) is 5.78 Å². The van der Waals surface area contributed by atoms with E-state index in [2.05, 4.69) is 15.9 Å². The molecule has 0 aliphatic carbocycles. The molecule has 4 rings (SSSR count). The van der Waals surface area contributed by atoms with Crippen LogP contribution in [0.15, 0.2) is 81.7 Å². The summed E-state index contributed by atoms with van der Waals surface area (Å²) in [5.41, 5.74) is 3.02. The second-order valence-corrected chi connectivity index (χ2v) is 7.18. The Bertz CT molecular complexity index is 1100. The number of methoxy groups -OCH3 is 1. The van der Waals surface area contributed by atoms with Crippen molar-refractivity contribution in [2.45, 2.75) is 6.42 Å². The second kappa shape index (κ2) is 7.41. The lowest BCUT2D eigenvalue weighted by Gasteiger charge is -2.05. The van der Waals surface area contributed by atoms with Gasteiger partial charge in [0.15, 0.2) is 5.78 Å². The maximum atomic E-state index is 13.3. The van der Waals surface area contributed by atoms with E-state index < -0.39 is 0 Å². The van der Waals surface area contributed by atoms with Crippen molar-refractivity contribution >= 4 is 32.7 Å². The van der Waals surface area contributed by atoms with Crippen LogP contribution in [0.1, 0.15) is 27.2 Å². The molecule has 4 aromatic rings. The minimum atomic E-state index is -0.0552. The van der Waals surface area contributed by atoms with Crippen molar-refractivity contribution in [3.8, 4) is 5.75 Å². The highest BCUT2D eigenvalue weighted by molar-refractivity contribution is 9.10. The molecule has 0 amide bonds. The standard InChI is InChI=1S/C23H17BrO3/c1-26-18-10-7-16(8-11-18)23(25)22-19-14-17(24)9-12-20(19)27-21(22)13-15-5-3-2-4-6-15/h2-12,14H,13H2,1H3. The molecular formula is C23H17BrO3. The Morgan fingerprint density at radius 3 is 2.44 bits per heavy atom. The van der Waals surface area contributed by atoms with Crippen molar-refractivity contribution in [1.29, 1.82) is 0 Å². The molecule has 0 bridgehead atoms. The first-order valence-corrected chi connectivity index (χ1v) is 9.38. The van der Waals surface area contributed by atoms with Crippen LogP contribution < -0.4 is 4.74 Å². The highest BCUT2D eigenvalue weighted by Crippen LogP contribution is 2.32. The fourth-order valence-corrected chi connectivity index (χ4v) is 3.52. The van der Waals surface area contributed by atoms with Gasteiger partial charge in [0.1, 0.15) is 17.1 Å². The quantitative estimate of drug-likeness (QED) is 0.370. The van der Waals surface area contributed by atoms with Gasteiger partial charge in [-0.15, -0.1) is 0 Å². The lowest BCUT2D eigenvalue weighted by molar-refractivity contribution is 0.103. The predicted octanol–water partition coefficient (Wildman–Crippen LogP) is 6.03. The third-order valence-corrected chi connectivity index (χ3v) is 5.00. The van der Waals surface area contributed by atoms with Crippen molar-refractivity contribution in [2.24, 2.45) is 0 Å². The molecule has 0 aliphatic rings. The minimum absolute atomic E-state index is 0.0552. The Morgan fingerprint density at radius 1 is 1.00 bits per heavy atom. The van der Waals surface area contributed by atoms with Gasteiger partial charge < -0.3 is 9.15 Å². The predicted molar refractivity (Wildman–Crippen MR) is 110 cm³/mol. The van der Waals surface area contributed by atoms with Crippen LogP contribution in [0.25, 0.3) is 11.0 Å². The first-order chi connectivity index (χ1) is 13.2. The van der Waals surface area contributed by atoms with E-state index in [9.17, 15) is 4.79 Å². The topological polar surface area (TPSA) is 39.4 Å². The van der Waals surface area contributed by atoms with E-state index in [1.807, 2.05) is 48.5 Å². The highest BCUT2D eigenvalue weighted by Gasteiger charge is 2.22. The average Bonchev–Trinajstić information content (AvgIpc) is 3.05. The van der Waals surface area contributed by atoms with Crippen LogP contribution in [0.3, 0.4) is 0 Å². The number of ether oxygens (including phenoxy) is 1. The molecule has 3 aromatic carbocycles. The number of rotatable bonds is 5. The summed E-state index contributed by atoms with van der Waals surface area (Å²) >= 11 is 3.50. The lowest BCUT2D eigenvalue weighted by atomic mass is 9.97. The fraction of sp³-hybridized carbons (Fsp3) is 0.0870. The van der Waals surface area contributed by atoms with Gasteiger partial charge in [-0.1, -0.05) is 46.3 Å². The van der Waals surface area contributed by atoms with E-state index in [1.54, 1.807) is 31.4 Å². The zero-order valence-corrected chi connectivity index (χ0v) is 16.3. The van der Waals surface area contributed by atoms with E-state index in [4.69, 9.17) is 9.15 Å². The molecule has 0 radical (unpaired) electrons. The van der Waals surface area contributed by atoms with Crippen LogP contribution in [0.5, 0.6) is 5.75 Å². The van der Waals surface area contributed by atoms with Gasteiger partial charge in [0.05, 0.1) is 12.7 Å². The molecule has 0 saturated carbocycles. The normalized spacial score (nSPS) is 10.9. The van der Waals surface area contributed by atoms with Gasteiger partial charge in [-0.2, -0.15) is 0 Å². The first-order valence-electron chi connectivity index (χ1n) is 8.59. The molecule has 0 spiro atoms. The molecular weight excluding hydrogens is 404 g/mol. The number of fused-ring (bicyclic) bond motifs is 1. The highest BCUT2D eigenvalue weighted by atomic mass is 79.9. The Labute approximate surface area is 165 Å². The molecule has 4 heteroatoms. The van der Waals surface area contributed by atoms with Crippen molar-refractivity contribution < 1.29 is 13.9 Å². The zero-order chi connectivity index (χ0) is 18.8. The van der Waals surface area contributed by atoms with Crippen molar-refractivity contribution in [1.82, 2.24) is 0 Å². The van der Waals surface area contributed by atoms with E-state index in [0.29, 0.717) is 28.9 Å². The van der Waals surface area contributed by atoms with Crippen LogP contribution in [0, 0.1) is 0 Å². The Hall–Kier alpha value is -2.85. The van der Waals surface area contributed by atoms with Crippen molar-refractivity contribution in [3.63, 3.8) is 0 Å². The summed E-state index contributed by atoms with van der Waals surface area (Å²) in [5, 5.41) is 0.816. The zero-order valence-electron chi connectivity index (χ0n) is 14.7. The molecule has 0 saturated heterocycles.